The molecule has 0 spiro atoms. The molecule has 1 fully saturated rings. The molecule has 1 heterocycles. The van der Waals surface area contributed by atoms with Gasteiger partial charge < -0.3 is 19.9 Å². The molecule has 0 saturated carbocycles. The van der Waals surface area contributed by atoms with Gasteiger partial charge in [0.2, 0.25) is 5.91 Å². The number of piperidine rings is 1. The standard InChI is InChI=1S/C31H38N2O4/c1-2-3-10-19-31(35)20-21-33(22-29(31)37-28-13-8-5-9-14-28)23-30(34)32-26-15-17-27(18-16-26)36-24-25-11-6-4-7-12-25/h4-9,11-18,29,35H,2-3,10,19-24H2,1H3,(H,32,34)/t29-,31-/m0/s1. The highest BCUT2D eigenvalue weighted by Gasteiger charge is 2.43. The zero-order valence-electron chi connectivity index (χ0n) is 21.6. The Kier molecular flexibility index (Phi) is 9.58. The molecule has 6 nitrogen and oxygen atoms in total. The summed E-state index contributed by atoms with van der Waals surface area (Å²) >= 11 is 0. The highest BCUT2D eigenvalue weighted by Crippen LogP contribution is 2.31. The average Bonchev–Trinajstić information content (AvgIpc) is 2.92. The van der Waals surface area contributed by atoms with E-state index in [1.54, 1.807) is 0 Å². The molecule has 1 saturated heterocycles. The molecule has 0 radical (unpaired) electrons. The van der Waals surface area contributed by atoms with Crippen LogP contribution in [0.1, 0.15) is 44.6 Å². The van der Waals surface area contributed by atoms with Crippen LogP contribution in [0.15, 0.2) is 84.9 Å². The molecule has 0 aromatic heterocycles. The molecule has 2 atom stereocenters. The van der Waals surface area contributed by atoms with Gasteiger partial charge in [-0.05, 0) is 54.8 Å². The number of benzene rings is 3. The number of carbonyl (C=O) groups is 1. The van der Waals surface area contributed by atoms with Crippen LogP contribution < -0.4 is 14.8 Å². The van der Waals surface area contributed by atoms with E-state index >= 15 is 0 Å². The molecule has 6 heteroatoms. The predicted octanol–water partition coefficient (Wildman–Crippen LogP) is 5.67. The number of aliphatic hydroxyl groups is 1. The molecule has 3 aromatic rings. The Hall–Kier alpha value is -3.35. The summed E-state index contributed by atoms with van der Waals surface area (Å²) in [5.41, 5.74) is 0.934. The molecule has 2 N–H and O–H groups in total. The molecule has 4 rings (SSSR count). The lowest BCUT2D eigenvalue weighted by Crippen LogP contribution is -2.58. The van der Waals surface area contributed by atoms with E-state index in [1.165, 1.54) is 0 Å². The van der Waals surface area contributed by atoms with Crippen LogP contribution in [-0.2, 0) is 11.4 Å². The van der Waals surface area contributed by atoms with Crippen molar-refractivity contribution in [3.05, 3.63) is 90.5 Å². The lowest BCUT2D eigenvalue weighted by atomic mass is 9.83. The number of hydrogen-bond acceptors (Lipinski definition) is 5. The monoisotopic (exact) mass is 502 g/mol. The van der Waals surface area contributed by atoms with Gasteiger partial charge in [0.05, 0.1) is 6.54 Å². The summed E-state index contributed by atoms with van der Waals surface area (Å²) in [7, 11) is 0. The van der Waals surface area contributed by atoms with Crippen molar-refractivity contribution in [3.8, 4) is 11.5 Å². The number of ether oxygens (including phenoxy) is 2. The molecule has 1 aliphatic rings. The molecular formula is C31H38N2O4. The first-order valence-corrected chi connectivity index (χ1v) is 13.3. The van der Waals surface area contributed by atoms with E-state index in [0.717, 1.165) is 42.0 Å². The first-order valence-electron chi connectivity index (χ1n) is 13.3. The number of nitrogens with one attached hydrogen (secondary N) is 1. The molecule has 0 unspecified atom stereocenters. The third-order valence-corrected chi connectivity index (χ3v) is 6.87. The molecule has 1 amide bonds. The van der Waals surface area contributed by atoms with Crippen LogP contribution in [-0.4, -0.2) is 47.3 Å². The van der Waals surface area contributed by atoms with Crippen molar-refractivity contribution >= 4 is 11.6 Å². The number of amides is 1. The number of anilines is 1. The maximum absolute atomic E-state index is 12.8. The summed E-state index contributed by atoms with van der Waals surface area (Å²) < 4.78 is 12.1. The van der Waals surface area contributed by atoms with Crippen molar-refractivity contribution in [3.63, 3.8) is 0 Å². The van der Waals surface area contributed by atoms with E-state index < -0.39 is 11.7 Å². The number of likely N-dealkylation sites (tertiary alicyclic amines) is 1. The summed E-state index contributed by atoms with van der Waals surface area (Å²) in [5, 5.41) is 14.5. The van der Waals surface area contributed by atoms with Gasteiger partial charge in [-0.1, -0.05) is 74.7 Å². The first-order chi connectivity index (χ1) is 18.0. The van der Waals surface area contributed by atoms with Crippen LogP contribution in [0.2, 0.25) is 0 Å². The summed E-state index contributed by atoms with van der Waals surface area (Å²) in [5.74, 6) is 1.40. The van der Waals surface area contributed by atoms with E-state index in [9.17, 15) is 9.90 Å². The fourth-order valence-electron chi connectivity index (χ4n) is 4.71. The van der Waals surface area contributed by atoms with Gasteiger partial charge in [-0.15, -0.1) is 0 Å². The van der Waals surface area contributed by atoms with E-state index in [1.807, 2.05) is 84.9 Å². The van der Waals surface area contributed by atoms with Crippen LogP contribution in [0, 0.1) is 0 Å². The Morgan fingerprint density at radius 2 is 1.68 bits per heavy atom. The van der Waals surface area contributed by atoms with Crippen LogP contribution in [0.3, 0.4) is 0 Å². The zero-order valence-corrected chi connectivity index (χ0v) is 21.6. The van der Waals surface area contributed by atoms with E-state index in [4.69, 9.17) is 9.47 Å². The molecule has 0 aliphatic carbocycles. The second-order valence-corrected chi connectivity index (χ2v) is 9.81. The van der Waals surface area contributed by atoms with E-state index in [2.05, 4.69) is 17.1 Å². The molecule has 37 heavy (non-hydrogen) atoms. The van der Waals surface area contributed by atoms with Crippen molar-refractivity contribution in [2.75, 3.05) is 25.0 Å². The highest BCUT2D eigenvalue weighted by atomic mass is 16.5. The van der Waals surface area contributed by atoms with Crippen molar-refractivity contribution < 1.29 is 19.4 Å². The fraction of sp³-hybridized carbons (Fsp3) is 0.387. The van der Waals surface area contributed by atoms with Gasteiger partial charge in [0.25, 0.3) is 0 Å². The molecule has 0 bridgehead atoms. The second-order valence-electron chi connectivity index (χ2n) is 9.81. The van der Waals surface area contributed by atoms with E-state index in [0.29, 0.717) is 32.5 Å². The van der Waals surface area contributed by atoms with Crippen molar-refractivity contribution in [2.24, 2.45) is 0 Å². The number of unbranched alkanes of at least 4 members (excludes halogenated alkanes) is 2. The highest BCUT2D eigenvalue weighted by molar-refractivity contribution is 5.92. The smallest absolute Gasteiger partial charge is 0.238 e. The van der Waals surface area contributed by atoms with Crippen LogP contribution in [0.5, 0.6) is 11.5 Å². The topological polar surface area (TPSA) is 71.0 Å². The minimum atomic E-state index is -0.895. The summed E-state index contributed by atoms with van der Waals surface area (Å²) in [4.78, 5) is 14.9. The van der Waals surface area contributed by atoms with Gasteiger partial charge in [-0.3, -0.25) is 9.69 Å². The van der Waals surface area contributed by atoms with Gasteiger partial charge in [0.15, 0.2) is 0 Å². The Balaban J connectivity index is 1.30. The number of rotatable bonds is 12. The molecule has 3 aromatic carbocycles. The number of carbonyl (C=O) groups excluding carboxylic acids is 1. The Labute approximate surface area is 220 Å². The maximum atomic E-state index is 12.8. The van der Waals surface area contributed by atoms with Gasteiger partial charge in [0.1, 0.15) is 29.8 Å². The van der Waals surface area contributed by atoms with Gasteiger partial charge in [-0.25, -0.2) is 0 Å². The van der Waals surface area contributed by atoms with Crippen LogP contribution in [0.4, 0.5) is 5.69 Å². The SMILES string of the molecule is CCCCC[C@]1(O)CCN(CC(=O)Nc2ccc(OCc3ccccc3)cc2)C[C@@H]1Oc1ccccc1. The molecule has 1 aliphatic heterocycles. The molecular weight excluding hydrogens is 464 g/mol. The number of hydrogen-bond donors (Lipinski definition) is 2. The predicted molar refractivity (Wildman–Crippen MR) is 147 cm³/mol. The summed E-state index contributed by atoms with van der Waals surface area (Å²) in [6, 6.07) is 27.0. The van der Waals surface area contributed by atoms with Crippen LogP contribution in [0.25, 0.3) is 0 Å². The minimum Gasteiger partial charge on any atom is -0.489 e. The summed E-state index contributed by atoms with van der Waals surface area (Å²) in [6.45, 7) is 4.05. The van der Waals surface area contributed by atoms with Crippen molar-refractivity contribution in [1.29, 1.82) is 0 Å². The largest absolute Gasteiger partial charge is 0.489 e. The van der Waals surface area contributed by atoms with Crippen LogP contribution >= 0.6 is 0 Å². The fourth-order valence-corrected chi connectivity index (χ4v) is 4.71. The zero-order chi connectivity index (χ0) is 25.9. The lowest BCUT2D eigenvalue weighted by Gasteiger charge is -2.44. The Bertz CT molecular complexity index is 1090. The van der Waals surface area contributed by atoms with Crippen molar-refractivity contribution in [2.45, 2.75) is 57.3 Å². The third kappa shape index (κ3) is 8.07. The lowest BCUT2D eigenvalue weighted by molar-refractivity contribution is -0.127. The first kappa shape index (κ1) is 26.7. The Morgan fingerprint density at radius 1 is 0.973 bits per heavy atom. The number of nitrogens with zero attached hydrogens (tertiary/aromatic N) is 1. The number of para-hydroxylation sites is 1. The maximum Gasteiger partial charge on any atom is 0.238 e. The quantitative estimate of drug-likeness (QED) is 0.312. The van der Waals surface area contributed by atoms with E-state index in [-0.39, 0.29) is 12.5 Å². The van der Waals surface area contributed by atoms with Gasteiger partial charge in [0, 0.05) is 18.8 Å². The van der Waals surface area contributed by atoms with Gasteiger partial charge >= 0.3 is 0 Å². The molecule has 196 valence electrons. The van der Waals surface area contributed by atoms with Gasteiger partial charge in [-0.2, -0.15) is 0 Å². The second kappa shape index (κ2) is 13.3. The Morgan fingerprint density at radius 3 is 2.38 bits per heavy atom. The average molecular weight is 503 g/mol. The third-order valence-electron chi connectivity index (χ3n) is 6.87. The minimum absolute atomic E-state index is 0.0900. The van der Waals surface area contributed by atoms with Crippen molar-refractivity contribution in [1.82, 2.24) is 4.90 Å². The normalized spacial score (nSPS) is 19.8. The summed E-state index contributed by atoms with van der Waals surface area (Å²) in [6.07, 6.45) is 4.04.